The summed E-state index contributed by atoms with van der Waals surface area (Å²) < 4.78 is 5.78. The molecule has 19 heavy (non-hydrogen) atoms. The van der Waals surface area contributed by atoms with Gasteiger partial charge >= 0.3 is 0 Å². The van der Waals surface area contributed by atoms with Gasteiger partial charge in [0.25, 0.3) is 0 Å². The van der Waals surface area contributed by atoms with Gasteiger partial charge in [0.15, 0.2) is 0 Å². The summed E-state index contributed by atoms with van der Waals surface area (Å²) in [7, 11) is 1.82. The number of para-hydroxylation sites is 1. The normalized spacial score (nSPS) is 27.2. The monoisotopic (exact) mass is 262 g/mol. The maximum absolute atomic E-state index is 6.20. The summed E-state index contributed by atoms with van der Waals surface area (Å²) in [6, 6.07) is 10.6. The molecule has 1 aliphatic rings. The summed E-state index contributed by atoms with van der Waals surface area (Å²) >= 11 is 0. The summed E-state index contributed by atoms with van der Waals surface area (Å²) in [5.74, 6) is 0. The van der Waals surface area contributed by atoms with Gasteiger partial charge in [0, 0.05) is 25.9 Å². The van der Waals surface area contributed by atoms with E-state index in [1.54, 1.807) is 0 Å². The van der Waals surface area contributed by atoms with Crippen LogP contribution in [-0.2, 0) is 4.74 Å². The van der Waals surface area contributed by atoms with Crippen molar-refractivity contribution in [2.75, 3.05) is 25.1 Å². The fourth-order valence-corrected chi connectivity index (χ4v) is 3.54. The van der Waals surface area contributed by atoms with Gasteiger partial charge in [-0.1, -0.05) is 31.0 Å². The SMILES string of the molecule is CCN(c1ccccc1)C1(CN)CCCCC1OC. The van der Waals surface area contributed by atoms with E-state index in [2.05, 4.69) is 42.2 Å². The lowest BCUT2D eigenvalue weighted by atomic mass is 9.77. The Balaban J connectivity index is 2.36. The number of benzene rings is 1. The Morgan fingerprint density at radius 1 is 1.32 bits per heavy atom. The molecule has 2 atom stereocenters. The zero-order valence-electron chi connectivity index (χ0n) is 12.1. The molecule has 2 unspecified atom stereocenters. The molecule has 0 aromatic heterocycles. The van der Waals surface area contributed by atoms with Crippen molar-refractivity contribution in [1.82, 2.24) is 0 Å². The molecule has 1 aliphatic carbocycles. The van der Waals surface area contributed by atoms with Crippen molar-refractivity contribution in [3.63, 3.8) is 0 Å². The summed E-state index contributed by atoms with van der Waals surface area (Å²) in [5, 5.41) is 0. The average Bonchev–Trinajstić information content (AvgIpc) is 2.49. The molecule has 0 heterocycles. The van der Waals surface area contributed by atoms with Crippen LogP contribution in [0.5, 0.6) is 0 Å². The van der Waals surface area contributed by atoms with Gasteiger partial charge < -0.3 is 15.4 Å². The van der Waals surface area contributed by atoms with Crippen LogP contribution < -0.4 is 10.6 Å². The Morgan fingerprint density at radius 3 is 2.63 bits per heavy atom. The Morgan fingerprint density at radius 2 is 2.05 bits per heavy atom. The van der Waals surface area contributed by atoms with Crippen LogP contribution in [0.4, 0.5) is 5.69 Å². The molecule has 1 saturated carbocycles. The maximum atomic E-state index is 6.20. The van der Waals surface area contributed by atoms with Gasteiger partial charge in [-0.15, -0.1) is 0 Å². The topological polar surface area (TPSA) is 38.5 Å². The van der Waals surface area contributed by atoms with Crippen molar-refractivity contribution in [3.8, 4) is 0 Å². The number of likely N-dealkylation sites (N-methyl/N-ethyl adjacent to an activating group) is 1. The number of nitrogens with zero attached hydrogens (tertiary/aromatic N) is 1. The molecule has 0 radical (unpaired) electrons. The molecule has 0 saturated heterocycles. The van der Waals surface area contributed by atoms with E-state index in [4.69, 9.17) is 10.5 Å². The van der Waals surface area contributed by atoms with Gasteiger partial charge in [0.2, 0.25) is 0 Å². The lowest BCUT2D eigenvalue weighted by Crippen LogP contribution is -2.63. The van der Waals surface area contributed by atoms with E-state index in [1.807, 2.05) is 7.11 Å². The highest BCUT2D eigenvalue weighted by Gasteiger charge is 2.44. The highest BCUT2D eigenvalue weighted by atomic mass is 16.5. The molecule has 2 N–H and O–H groups in total. The Kier molecular flexibility index (Phi) is 4.83. The quantitative estimate of drug-likeness (QED) is 0.887. The highest BCUT2D eigenvalue weighted by Crippen LogP contribution is 2.37. The van der Waals surface area contributed by atoms with Gasteiger partial charge in [0.05, 0.1) is 11.6 Å². The van der Waals surface area contributed by atoms with Crippen LogP contribution in [0.1, 0.15) is 32.6 Å². The minimum absolute atomic E-state index is 0.0525. The van der Waals surface area contributed by atoms with Gasteiger partial charge in [-0.25, -0.2) is 0 Å². The largest absolute Gasteiger partial charge is 0.379 e. The molecule has 2 rings (SSSR count). The van der Waals surface area contributed by atoms with E-state index in [0.29, 0.717) is 6.54 Å². The number of anilines is 1. The third-order valence-corrected chi connectivity index (χ3v) is 4.48. The predicted octanol–water partition coefficient (Wildman–Crippen LogP) is 2.80. The van der Waals surface area contributed by atoms with Gasteiger partial charge in [-0.2, -0.15) is 0 Å². The first-order valence-corrected chi connectivity index (χ1v) is 7.34. The van der Waals surface area contributed by atoms with Crippen LogP contribution in [0, 0.1) is 0 Å². The molecule has 0 bridgehead atoms. The summed E-state index contributed by atoms with van der Waals surface area (Å²) in [6.07, 6.45) is 4.93. The number of hydrogen-bond acceptors (Lipinski definition) is 3. The first kappa shape index (κ1) is 14.4. The summed E-state index contributed by atoms with van der Waals surface area (Å²) in [6.45, 7) is 3.81. The minimum atomic E-state index is -0.0525. The van der Waals surface area contributed by atoms with E-state index in [0.717, 1.165) is 19.4 Å². The first-order valence-electron chi connectivity index (χ1n) is 7.34. The summed E-state index contributed by atoms with van der Waals surface area (Å²) in [5.41, 5.74) is 7.39. The summed E-state index contributed by atoms with van der Waals surface area (Å²) in [4.78, 5) is 2.44. The second-order valence-electron chi connectivity index (χ2n) is 5.36. The molecule has 0 amide bonds. The Hall–Kier alpha value is -1.06. The molecule has 3 nitrogen and oxygen atoms in total. The second kappa shape index (κ2) is 6.40. The maximum Gasteiger partial charge on any atom is 0.0815 e. The van der Waals surface area contributed by atoms with E-state index in [9.17, 15) is 0 Å². The van der Waals surface area contributed by atoms with Gasteiger partial charge in [-0.3, -0.25) is 0 Å². The van der Waals surface area contributed by atoms with Crippen LogP contribution >= 0.6 is 0 Å². The first-order chi connectivity index (χ1) is 9.28. The number of rotatable bonds is 5. The van der Waals surface area contributed by atoms with Gasteiger partial charge in [-0.05, 0) is 31.9 Å². The molecule has 1 aromatic rings. The van der Waals surface area contributed by atoms with E-state index < -0.39 is 0 Å². The predicted molar refractivity (Wildman–Crippen MR) is 80.5 cm³/mol. The van der Waals surface area contributed by atoms with Crippen molar-refractivity contribution in [2.45, 2.75) is 44.2 Å². The smallest absolute Gasteiger partial charge is 0.0815 e. The fraction of sp³-hybridized carbons (Fsp3) is 0.625. The van der Waals surface area contributed by atoms with Gasteiger partial charge in [0.1, 0.15) is 0 Å². The second-order valence-corrected chi connectivity index (χ2v) is 5.36. The number of methoxy groups -OCH3 is 1. The molecule has 3 heteroatoms. The Labute approximate surface area is 116 Å². The highest BCUT2D eigenvalue weighted by molar-refractivity contribution is 5.50. The van der Waals surface area contributed by atoms with E-state index in [1.165, 1.54) is 18.5 Å². The molecule has 106 valence electrons. The zero-order chi connectivity index (χ0) is 13.7. The van der Waals surface area contributed by atoms with E-state index >= 15 is 0 Å². The van der Waals surface area contributed by atoms with Crippen LogP contribution in [0.2, 0.25) is 0 Å². The standard InChI is InChI=1S/C16H26N2O/c1-3-18(14-9-5-4-6-10-14)16(13-17)12-8-7-11-15(16)19-2/h4-6,9-10,15H,3,7-8,11-13,17H2,1-2H3. The van der Waals surface area contributed by atoms with Crippen LogP contribution in [0.3, 0.4) is 0 Å². The average molecular weight is 262 g/mol. The lowest BCUT2D eigenvalue weighted by molar-refractivity contribution is 0.00596. The fourth-order valence-electron chi connectivity index (χ4n) is 3.54. The molecular formula is C16H26N2O. The molecule has 0 aliphatic heterocycles. The third kappa shape index (κ3) is 2.63. The third-order valence-electron chi connectivity index (χ3n) is 4.48. The van der Waals surface area contributed by atoms with Crippen LogP contribution in [-0.4, -0.2) is 31.8 Å². The lowest BCUT2D eigenvalue weighted by Gasteiger charge is -2.51. The van der Waals surface area contributed by atoms with E-state index in [-0.39, 0.29) is 11.6 Å². The number of hydrogen-bond donors (Lipinski definition) is 1. The van der Waals surface area contributed by atoms with Crippen LogP contribution in [0.15, 0.2) is 30.3 Å². The number of ether oxygens (including phenoxy) is 1. The van der Waals surface area contributed by atoms with Crippen molar-refractivity contribution in [2.24, 2.45) is 5.73 Å². The van der Waals surface area contributed by atoms with Crippen molar-refractivity contribution < 1.29 is 4.74 Å². The molecule has 0 spiro atoms. The number of nitrogens with two attached hydrogens (primary N) is 1. The molecular weight excluding hydrogens is 236 g/mol. The molecule has 1 fully saturated rings. The van der Waals surface area contributed by atoms with Crippen molar-refractivity contribution in [1.29, 1.82) is 0 Å². The van der Waals surface area contributed by atoms with Crippen molar-refractivity contribution >= 4 is 5.69 Å². The minimum Gasteiger partial charge on any atom is -0.379 e. The Bertz CT molecular complexity index is 382. The zero-order valence-corrected chi connectivity index (χ0v) is 12.1. The van der Waals surface area contributed by atoms with Crippen molar-refractivity contribution in [3.05, 3.63) is 30.3 Å². The molecule has 1 aromatic carbocycles. The van der Waals surface area contributed by atoms with Crippen LogP contribution in [0.25, 0.3) is 0 Å².